The second-order valence-electron chi connectivity index (χ2n) is 15.3. The number of nitrogens with zero attached hydrogens (tertiary/aromatic N) is 2. The Labute approximate surface area is 308 Å². The first-order valence-corrected chi connectivity index (χ1v) is 21.1. The Morgan fingerprint density at radius 2 is 1.44 bits per heavy atom. The lowest BCUT2D eigenvalue weighted by Gasteiger charge is -2.43. The summed E-state index contributed by atoms with van der Waals surface area (Å²) in [5, 5.41) is 2.13. The van der Waals surface area contributed by atoms with Gasteiger partial charge < -0.3 is 18.8 Å². The second kappa shape index (κ2) is 17.0. The van der Waals surface area contributed by atoms with Gasteiger partial charge in [0.25, 0.3) is 30.2 Å². The lowest BCUT2D eigenvalue weighted by molar-refractivity contribution is -0.154. The number of imide groups is 1. The minimum Gasteiger partial charge on any atom is -0.462 e. The first kappa shape index (κ1) is 41.1. The van der Waals surface area contributed by atoms with Crippen molar-refractivity contribution < 1.29 is 45.7 Å². The van der Waals surface area contributed by atoms with Gasteiger partial charge in [-0.25, -0.2) is 0 Å². The molecular weight excluding hydrogens is 705 g/mol. The summed E-state index contributed by atoms with van der Waals surface area (Å²) in [6, 6.07) is 18.8. The Hall–Kier alpha value is -3.69. The zero-order valence-electron chi connectivity index (χ0n) is 31.2. The SMILES string of the molecule is CC(C)OC(=O)CN1C(=O)[C@@H](N2C(=O)C=CC2=O)C[C@H]1COCCS(=O)(=O)OCC(C)(C)CCO[Si](c1ccccc1)(c1ccccc1)C(C)(C)C. The maximum atomic E-state index is 13.3. The summed E-state index contributed by atoms with van der Waals surface area (Å²) in [6.07, 6.45) is 2.35. The average Bonchev–Trinajstić information content (AvgIpc) is 3.56. The lowest BCUT2D eigenvalue weighted by atomic mass is 9.91. The highest BCUT2D eigenvalue weighted by molar-refractivity contribution is 7.86. The van der Waals surface area contributed by atoms with Crippen molar-refractivity contribution in [3.05, 3.63) is 72.8 Å². The van der Waals surface area contributed by atoms with E-state index in [-0.39, 0.29) is 31.3 Å². The molecular formula is C38H52N2O10SSi. The van der Waals surface area contributed by atoms with Gasteiger partial charge in [-0.1, -0.05) is 95.3 Å². The van der Waals surface area contributed by atoms with Crippen molar-refractivity contribution in [3.8, 4) is 0 Å². The molecule has 0 unspecified atom stereocenters. The van der Waals surface area contributed by atoms with Gasteiger partial charge in [-0.3, -0.25) is 28.3 Å². The van der Waals surface area contributed by atoms with E-state index in [4.69, 9.17) is 18.1 Å². The lowest BCUT2D eigenvalue weighted by Crippen LogP contribution is -2.66. The first-order valence-electron chi connectivity index (χ1n) is 17.6. The molecule has 4 rings (SSSR count). The highest BCUT2D eigenvalue weighted by atomic mass is 32.2. The van der Waals surface area contributed by atoms with Crippen molar-refractivity contribution in [1.82, 2.24) is 9.80 Å². The minimum absolute atomic E-state index is 0.0281. The van der Waals surface area contributed by atoms with Gasteiger partial charge in [0.1, 0.15) is 12.6 Å². The number of amides is 3. The fourth-order valence-electron chi connectivity index (χ4n) is 6.60. The normalized spacial score (nSPS) is 18.6. The summed E-state index contributed by atoms with van der Waals surface area (Å²) >= 11 is 0. The maximum absolute atomic E-state index is 13.3. The summed E-state index contributed by atoms with van der Waals surface area (Å²) in [4.78, 5) is 52.4. The Morgan fingerprint density at radius 1 is 0.885 bits per heavy atom. The number of rotatable bonds is 18. The number of ether oxygens (including phenoxy) is 2. The molecule has 1 saturated heterocycles. The first-order chi connectivity index (χ1) is 24.4. The third-order valence-electron chi connectivity index (χ3n) is 9.26. The van der Waals surface area contributed by atoms with Gasteiger partial charge >= 0.3 is 5.97 Å². The van der Waals surface area contributed by atoms with E-state index >= 15 is 0 Å². The summed E-state index contributed by atoms with van der Waals surface area (Å²) < 4.78 is 49.2. The van der Waals surface area contributed by atoms with Crippen LogP contribution in [0, 0.1) is 5.41 Å². The summed E-state index contributed by atoms with van der Waals surface area (Å²) in [5.41, 5.74) is -0.539. The van der Waals surface area contributed by atoms with Crippen LogP contribution < -0.4 is 10.4 Å². The Kier molecular flexibility index (Phi) is 13.4. The molecule has 52 heavy (non-hydrogen) atoms. The third kappa shape index (κ3) is 10.0. The quantitative estimate of drug-likeness (QED) is 0.0731. The van der Waals surface area contributed by atoms with Crippen LogP contribution in [0.5, 0.6) is 0 Å². The van der Waals surface area contributed by atoms with Crippen LogP contribution in [-0.4, -0.2) is 107 Å². The molecule has 14 heteroatoms. The van der Waals surface area contributed by atoms with Crippen molar-refractivity contribution in [2.24, 2.45) is 5.41 Å². The van der Waals surface area contributed by atoms with Crippen molar-refractivity contribution in [1.29, 1.82) is 0 Å². The molecule has 0 saturated carbocycles. The number of hydrogen-bond acceptors (Lipinski definition) is 10. The van der Waals surface area contributed by atoms with Gasteiger partial charge in [-0.05, 0) is 41.1 Å². The van der Waals surface area contributed by atoms with E-state index in [1.54, 1.807) is 13.8 Å². The van der Waals surface area contributed by atoms with E-state index in [1.165, 1.54) is 4.90 Å². The molecule has 284 valence electrons. The molecule has 2 aromatic rings. The molecule has 1 fully saturated rings. The molecule has 2 atom stereocenters. The van der Waals surface area contributed by atoms with Crippen LogP contribution in [0.3, 0.4) is 0 Å². The summed E-state index contributed by atoms with van der Waals surface area (Å²) in [7, 11) is -6.74. The molecule has 0 N–H and O–H groups in total. The van der Waals surface area contributed by atoms with Crippen LogP contribution >= 0.6 is 0 Å². The van der Waals surface area contributed by atoms with Gasteiger partial charge in [0.05, 0.1) is 37.7 Å². The van der Waals surface area contributed by atoms with Crippen molar-refractivity contribution in [2.75, 3.05) is 38.7 Å². The molecule has 2 aliphatic rings. The minimum atomic E-state index is -3.99. The van der Waals surface area contributed by atoms with Gasteiger partial charge in [0.15, 0.2) is 0 Å². The molecule has 0 aliphatic carbocycles. The van der Waals surface area contributed by atoms with E-state index < -0.39 is 78.0 Å². The molecule has 12 nitrogen and oxygen atoms in total. The fourth-order valence-corrected chi connectivity index (χ4v) is 12.1. The molecule has 0 spiro atoms. The van der Waals surface area contributed by atoms with Crippen LogP contribution in [0.1, 0.15) is 61.3 Å². The van der Waals surface area contributed by atoms with Crippen LogP contribution in [0.25, 0.3) is 0 Å². The van der Waals surface area contributed by atoms with Crippen molar-refractivity contribution >= 4 is 52.5 Å². The summed E-state index contributed by atoms with van der Waals surface area (Å²) in [5.74, 6) is -2.90. The standard InChI is InChI=1S/C38H52N2O10SSi/c1-28(2)50-35(43)25-39-29(24-32(36(39)44)40-33(41)18-19-34(40)42)26-47-22-23-51(45,46)48-27-38(6,7)20-21-49-52(37(3,4)5,30-14-10-8-11-15-30)31-16-12-9-13-17-31/h8-19,28-29,32H,20-27H2,1-7H3/t29-,32-/m0/s1. The van der Waals surface area contributed by atoms with Gasteiger partial charge in [0, 0.05) is 25.2 Å². The predicted molar refractivity (Wildman–Crippen MR) is 199 cm³/mol. The smallest absolute Gasteiger partial charge is 0.325 e. The number of carbonyl (C=O) groups excluding carboxylic acids is 4. The summed E-state index contributed by atoms with van der Waals surface area (Å²) in [6.45, 7) is 13.4. The molecule has 2 heterocycles. The highest BCUT2D eigenvalue weighted by Crippen LogP contribution is 2.37. The van der Waals surface area contributed by atoms with E-state index in [2.05, 4.69) is 45.0 Å². The van der Waals surface area contributed by atoms with Crippen molar-refractivity contribution in [2.45, 2.75) is 84.5 Å². The Bertz CT molecular complexity index is 1650. The molecule has 0 bridgehead atoms. The molecule has 2 aliphatic heterocycles. The van der Waals surface area contributed by atoms with Crippen molar-refractivity contribution in [3.63, 3.8) is 0 Å². The van der Waals surface area contributed by atoms with E-state index in [9.17, 15) is 27.6 Å². The average molecular weight is 757 g/mol. The number of carbonyl (C=O) groups is 4. The highest BCUT2D eigenvalue weighted by Gasteiger charge is 2.50. The zero-order chi connectivity index (χ0) is 38.3. The molecule has 2 aromatic carbocycles. The van der Waals surface area contributed by atoms with E-state index in [0.29, 0.717) is 13.0 Å². The van der Waals surface area contributed by atoms with E-state index in [0.717, 1.165) is 27.4 Å². The topological polar surface area (TPSA) is 146 Å². The molecule has 3 amide bonds. The molecule has 0 aromatic heterocycles. The number of likely N-dealkylation sites (tertiary alicyclic amines) is 1. The number of esters is 1. The monoisotopic (exact) mass is 756 g/mol. The fraction of sp³-hybridized carbons (Fsp3) is 0.526. The third-order valence-corrected chi connectivity index (χ3v) is 15.4. The maximum Gasteiger partial charge on any atom is 0.325 e. The zero-order valence-corrected chi connectivity index (χ0v) is 33.0. The van der Waals surface area contributed by atoms with E-state index in [1.807, 2.05) is 50.2 Å². The number of hydrogen-bond donors (Lipinski definition) is 0. The van der Waals surface area contributed by atoms with Crippen LogP contribution in [0.15, 0.2) is 72.8 Å². The molecule has 0 radical (unpaired) electrons. The Morgan fingerprint density at radius 3 is 1.96 bits per heavy atom. The van der Waals surface area contributed by atoms with Gasteiger partial charge in [-0.15, -0.1) is 0 Å². The van der Waals surface area contributed by atoms with Gasteiger partial charge in [0.2, 0.25) is 5.91 Å². The second-order valence-corrected chi connectivity index (χ2v) is 21.4. The van der Waals surface area contributed by atoms with Crippen LogP contribution in [-0.2, 0) is 47.4 Å². The van der Waals surface area contributed by atoms with Gasteiger partial charge in [-0.2, -0.15) is 8.42 Å². The predicted octanol–water partition coefficient (Wildman–Crippen LogP) is 3.19. The Balaban J connectivity index is 1.32. The van der Waals surface area contributed by atoms with Crippen LogP contribution in [0.2, 0.25) is 5.04 Å². The largest absolute Gasteiger partial charge is 0.462 e. The number of benzene rings is 2. The van der Waals surface area contributed by atoms with Crippen LogP contribution in [0.4, 0.5) is 0 Å².